The van der Waals surface area contributed by atoms with Gasteiger partial charge in [0.05, 0.1) is 12.2 Å². The van der Waals surface area contributed by atoms with Gasteiger partial charge in [-0.05, 0) is 43.9 Å². The van der Waals surface area contributed by atoms with Gasteiger partial charge in [-0.2, -0.15) is 5.10 Å². The van der Waals surface area contributed by atoms with Crippen LogP contribution in [-0.4, -0.2) is 28.8 Å². The van der Waals surface area contributed by atoms with Crippen molar-refractivity contribution < 1.29 is 9.53 Å². The van der Waals surface area contributed by atoms with E-state index in [0.29, 0.717) is 35.4 Å². The number of carbonyl (C=O) groups is 1. The third-order valence-electron chi connectivity index (χ3n) is 4.02. The minimum absolute atomic E-state index is 0.0155. The Hall–Kier alpha value is -1.76. The summed E-state index contributed by atoms with van der Waals surface area (Å²) >= 11 is 12.2. The highest BCUT2D eigenvalue weighted by Gasteiger charge is 2.19. The highest BCUT2D eigenvalue weighted by atomic mass is 35.5. The minimum Gasteiger partial charge on any atom is -0.453 e. The summed E-state index contributed by atoms with van der Waals surface area (Å²) in [4.78, 5) is 11.0. The van der Waals surface area contributed by atoms with Gasteiger partial charge in [0.25, 0.3) is 0 Å². The SMILES string of the molecule is CCc1nn(CCN)c(CCCCNC(C)=O)c1Oc1cc(Cl)cc(Cl)c1. The first-order valence-corrected chi connectivity index (χ1v) is 9.87. The van der Waals surface area contributed by atoms with Gasteiger partial charge in [0.15, 0.2) is 5.75 Å². The van der Waals surface area contributed by atoms with Gasteiger partial charge in [-0.15, -0.1) is 0 Å². The molecule has 2 rings (SSSR count). The van der Waals surface area contributed by atoms with Gasteiger partial charge in [0.1, 0.15) is 11.4 Å². The molecule has 3 N–H and O–H groups in total. The van der Waals surface area contributed by atoms with Crippen molar-refractivity contribution in [3.8, 4) is 11.5 Å². The summed E-state index contributed by atoms with van der Waals surface area (Å²) < 4.78 is 8.07. The molecule has 27 heavy (non-hydrogen) atoms. The van der Waals surface area contributed by atoms with Crippen LogP contribution in [-0.2, 0) is 24.2 Å². The molecule has 148 valence electrons. The molecule has 0 radical (unpaired) electrons. The molecule has 0 bridgehead atoms. The quantitative estimate of drug-likeness (QED) is 0.578. The smallest absolute Gasteiger partial charge is 0.216 e. The average molecular weight is 413 g/mol. The number of rotatable bonds is 10. The second-order valence-corrected chi connectivity index (χ2v) is 7.11. The van der Waals surface area contributed by atoms with Crippen molar-refractivity contribution in [2.45, 2.75) is 46.1 Å². The van der Waals surface area contributed by atoms with Gasteiger partial charge < -0.3 is 15.8 Å². The van der Waals surface area contributed by atoms with Crippen molar-refractivity contribution in [1.82, 2.24) is 15.1 Å². The van der Waals surface area contributed by atoms with Crippen LogP contribution >= 0.6 is 23.2 Å². The summed E-state index contributed by atoms with van der Waals surface area (Å²) in [7, 11) is 0. The molecule has 0 saturated carbocycles. The molecule has 2 aromatic rings. The van der Waals surface area contributed by atoms with Crippen LogP contribution < -0.4 is 15.8 Å². The number of unbranched alkanes of at least 4 members (excludes halogenated alkanes) is 1. The lowest BCUT2D eigenvalue weighted by atomic mass is 10.1. The van der Waals surface area contributed by atoms with E-state index in [1.54, 1.807) is 18.2 Å². The van der Waals surface area contributed by atoms with E-state index < -0.39 is 0 Å². The van der Waals surface area contributed by atoms with E-state index in [1.165, 1.54) is 6.92 Å². The summed E-state index contributed by atoms with van der Waals surface area (Å²) in [5.41, 5.74) is 7.62. The van der Waals surface area contributed by atoms with E-state index in [1.807, 2.05) is 11.6 Å². The Labute approximate surface area is 170 Å². The Morgan fingerprint density at radius 2 is 1.96 bits per heavy atom. The Morgan fingerprint density at radius 3 is 2.56 bits per heavy atom. The van der Waals surface area contributed by atoms with E-state index in [4.69, 9.17) is 33.7 Å². The molecule has 1 heterocycles. The second kappa shape index (κ2) is 10.5. The van der Waals surface area contributed by atoms with Crippen molar-refractivity contribution in [2.75, 3.05) is 13.1 Å². The number of nitrogens with one attached hydrogen (secondary N) is 1. The predicted octanol–water partition coefficient (Wildman–Crippen LogP) is 3.96. The number of benzene rings is 1. The highest BCUT2D eigenvalue weighted by Crippen LogP contribution is 2.33. The first-order chi connectivity index (χ1) is 12.9. The maximum Gasteiger partial charge on any atom is 0.216 e. The maximum absolute atomic E-state index is 11.0. The van der Waals surface area contributed by atoms with Crippen LogP contribution in [0.2, 0.25) is 10.0 Å². The maximum atomic E-state index is 11.0. The van der Waals surface area contributed by atoms with Crippen LogP contribution in [0.15, 0.2) is 18.2 Å². The molecule has 0 spiro atoms. The van der Waals surface area contributed by atoms with E-state index in [0.717, 1.165) is 42.8 Å². The first-order valence-electron chi connectivity index (χ1n) is 9.11. The highest BCUT2D eigenvalue weighted by molar-refractivity contribution is 6.34. The first kappa shape index (κ1) is 21.5. The molecule has 0 saturated heterocycles. The standard InChI is InChI=1S/C19H26Cl2N4O2/c1-3-17-19(27-16-11-14(20)10-15(21)12-16)18(25(24-17)9-7-22)6-4-5-8-23-13(2)26/h10-12H,3-9,22H2,1-2H3,(H,23,26). The van der Waals surface area contributed by atoms with Gasteiger partial charge in [-0.1, -0.05) is 30.1 Å². The molecule has 1 aromatic carbocycles. The van der Waals surface area contributed by atoms with Crippen molar-refractivity contribution in [2.24, 2.45) is 5.73 Å². The Kier molecular flexibility index (Phi) is 8.41. The molecule has 0 aliphatic carbocycles. The number of ether oxygens (including phenoxy) is 1. The molecule has 1 amide bonds. The normalized spacial score (nSPS) is 10.9. The van der Waals surface area contributed by atoms with Crippen LogP contribution in [0.3, 0.4) is 0 Å². The van der Waals surface area contributed by atoms with Gasteiger partial charge in [0.2, 0.25) is 5.91 Å². The molecule has 8 heteroatoms. The molecular formula is C19H26Cl2N4O2. The van der Waals surface area contributed by atoms with Crippen LogP contribution in [0.1, 0.15) is 38.1 Å². The number of amides is 1. The van der Waals surface area contributed by atoms with E-state index in [9.17, 15) is 4.79 Å². The topological polar surface area (TPSA) is 82.2 Å². The zero-order valence-electron chi connectivity index (χ0n) is 15.7. The lowest BCUT2D eigenvalue weighted by Gasteiger charge is -2.11. The molecule has 0 unspecified atom stereocenters. The Balaban J connectivity index is 2.23. The number of hydrogen-bond acceptors (Lipinski definition) is 4. The van der Waals surface area contributed by atoms with Gasteiger partial charge >= 0.3 is 0 Å². The summed E-state index contributed by atoms with van der Waals surface area (Å²) in [5.74, 6) is 1.30. The van der Waals surface area contributed by atoms with Gasteiger partial charge in [-0.25, -0.2) is 0 Å². The lowest BCUT2D eigenvalue weighted by Crippen LogP contribution is -2.21. The minimum atomic E-state index is -0.0155. The Bertz CT molecular complexity index is 757. The largest absolute Gasteiger partial charge is 0.453 e. The lowest BCUT2D eigenvalue weighted by molar-refractivity contribution is -0.118. The predicted molar refractivity (Wildman–Crippen MR) is 109 cm³/mol. The number of aryl methyl sites for hydroxylation is 1. The van der Waals surface area contributed by atoms with E-state index >= 15 is 0 Å². The summed E-state index contributed by atoms with van der Waals surface area (Å²) in [5, 5.41) is 8.51. The van der Waals surface area contributed by atoms with Crippen molar-refractivity contribution >= 4 is 29.1 Å². The zero-order chi connectivity index (χ0) is 19.8. The molecule has 0 aliphatic heterocycles. The second-order valence-electron chi connectivity index (χ2n) is 6.24. The van der Waals surface area contributed by atoms with Crippen LogP contribution in [0.25, 0.3) is 0 Å². The summed E-state index contributed by atoms with van der Waals surface area (Å²) in [6.07, 6.45) is 3.28. The molecular weight excluding hydrogens is 387 g/mol. The summed E-state index contributed by atoms with van der Waals surface area (Å²) in [6, 6.07) is 5.12. The number of hydrogen-bond donors (Lipinski definition) is 2. The van der Waals surface area contributed by atoms with Gasteiger partial charge in [0, 0.05) is 30.1 Å². The number of nitrogens with zero attached hydrogens (tertiary/aromatic N) is 2. The fourth-order valence-corrected chi connectivity index (χ4v) is 3.33. The number of halogens is 2. The molecule has 0 fully saturated rings. The molecule has 6 nitrogen and oxygen atoms in total. The van der Waals surface area contributed by atoms with E-state index in [2.05, 4.69) is 10.4 Å². The fraction of sp³-hybridized carbons (Fsp3) is 0.474. The molecule has 0 aliphatic rings. The number of carbonyl (C=O) groups excluding carboxylic acids is 1. The van der Waals surface area contributed by atoms with Crippen LogP contribution in [0, 0.1) is 0 Å². The number of aromatic nitrogens is 2. The third kappa shape index (κ3) is 6.41. The number of nitrogens with two attached hydrogens (primary N) is 1. The average Bonchev–Trinajstić information content (AvgIpc) is 2.90. The van der Waals surface area contributed by atoms with E-state index in [-0.39, 0.29) is 5.91 Å². The van der Waals surface area contributed by atoms with Gasteiger partial charge in [-0.3, -0.25) is 9.48 Å². The third-order valence-corrected chi connectivity index (χ3v) is 4.46. The molecule has 1 aromatic heterocycles. The Morgan fingerprint density at radius 1 is 1.26 bits per heavy atom. The molecule has 0 atom stereocenters. The van der Waals surface area contributed by atoms with Crippen molar-refractivity contribution in [3.05, 3.63) is 39.6 Å². The van der Waals surface area contributed by atoms with Crippen LogP contribution in [0.5, 0.6) is 11.5 Å². The zero-order valence-corrected chi connectivity index (χ0v) is 17.2. The fourth-order valence-electron chi connectivity index (χ4n) is 2.82. The monoisotopic (exact) mass is 412 g/mol. The van der Waals surface area contributed by atoms with Crippen LogP contribution in [0.4, 0.5) is 0 Å². The van der Waals surface area contributed by atoms with Crippen molar-refractivity contribution in [3.63, 3.8) is 0 Å². The summed E-state index contributed by atoms with van der Waals surface area (Å²) in [6.45, 7) is 5.32. The van der Waals surface area contributed by atoms with Crippen molar-refractivity contribution in [1.29, 1.82) is 0 Å².